The second kappa shape index (κ2) is 14.0. The third-order valence-electron chi connectivity index (χ3n) is 2.71. The van der Waals surface area contributed by atoms with Crippen LogP contribution in [0.4, 0.5) is 0 Å². The summed E-state index contributed by atoms with van der Waals surface area (Å²) >= 11 is 0. The molecule has 0 unspecified atom stereocenters. The fraction of sp³-hybridized carbons (Fsp3) is 0.500. The van der Waals surface area contributed by atoms with Crippen LogP contribution in [0.2, 0.25) is 0 Å². The standard InChI is InChI=1S/C16H24N2O6/c1-3-13(19)17-9-11-23-15(21)7-5-6-8-16(22)24-12-10-18-14(20)4-2/h3-4H,1-2,5-12H2,(H,17,19)(H,18,20). The molecule has 134 valence electrons. The Bertz CT molecular complexity index is 419. The van der Waals surface area contributed by atoms with Crippen LogP contribution in [0.1, 0.15) is 25.7 Å². The SMILES string of the molecule is C=CC(=O)NCCOC(=O)CCCCC(=O)OCCNC(=O)C=C. The minimum atomic E-state index is -0.386. The number of amides is 2. The first-order valence-electron chi connectivity index (χ1n) is 7.61. The average Bonchev–Trinajstić information content (AvgIpc) is 2.58. The quantitative estimate of drug-likeness (QED) is 0.282. The highest BCUT2D eigenvalue weighted by Crippen LogP contribution is 2.02. The van der Waals surface area contributed by atoms with Gasteiger partial charge in [0.05, 0.1) is 13.1 Å². The van der Waals surface area contributed by atoms with E-state index in [-0.39, 0.29) is 62.9 Å². The first-order chi connectivity index (χ1) is 11.5. The van der Waals surface area contributed by atoms with Gasteiger partial charge in [0, 0.05) is 12.8 Å². The van der Waals surface area contributed by atoms with E-state index in [1.807, 2.05) is 0 Å². The highest BCUT2D eigenvalue weighted by Gasteiger charge is 2.06. The zero-order valence-electron chi connectivity index (χ0n) is 13.7. The van der Waals surface area contributed by atoms with E-state index in [4.69, 9.17) is 9.47 Å². The molecule has 0 saturated carbocycles. The Hall–Kier alpha value is -2.64. The second-order valence-corrected chi connectivity index (χ2v) is 4.64. The second-order valence-electron chi connectivity index (χ2n) is 4.64. The molecule has 0 aromatic carbocycles. The van der Waals surface area contributed by atoms with Gasteiger partial charge in [-0.05, 0) is 25.0 Å². The molecule has 0 aliphatic heterocycles. The fourth-order valence-corrected chi connectivity index (χ4v) is 1.51. The smallest absolute Gasteiger partial charge is 0.305 e. The van der Waals surface area contributed by atoms with Gasteiger partial charge in [0.25, 0.3) is 0 Å². The third kappa shape index (κ3) is 13.1. The largest absolute Gasteiger partial charge is 0.464 e. The van der Waals surface area contributed by atoms with E-state index >= 15 is 0 Å². The molecule has 0 saturated heterocycles. The van der Waals surface area contributed by atoms with Crippen molar-refractivity contribution >= 4 is 23.8 Å². The van der Waals surface area contributed by atoms with Gasteiger partial charge in [-0.25, -0.2) is 0 Å². The summed E-state index contributed by atoms with van der Waals surface area (Å²) in [6.07, 6.45) is 3.65. The molecular weight excluding hydrogens is 316 g/mol. The van der Waals surface area contributed by atoms with Crippen LogP contribution in [0, 0.1) is 0 Å². The van der Waals surface area contributed by atoms with Gasteiger partial charge < -0.3 is 20.1 Å². The predicted octanol–water partition coefficient (Wildman–Crippen LogP) is 0.238. The molecule has 0 rings (SSSR count). The summed E-state index contributed by atoms with van der Waals surface area (Å²) in [6, 6.07) is 0. The van der Waals surface area contributed by atoms with Crippen molar-refractivity contribution in [2.75, 3.05) is 26.3 Å². The summed E-state index contributed by atoms with van der Waals surface area (Å²) in [5, 5.41) is 4.96. The number of unbranched alkanes of at least 4 members (excludes halogenated alkanes) is 1. The van der Waals surface area contributed by atoms with E-state index < -0.39 is 0 Å². The zero-order chi connectivity index (χ0) is 18.2. The first-order valence-corrected chi connectivity index (χ1v) is 7.61. The van der Waals surface area contributed by atoms with Crippen LogP contribution in [0.15, 0.2) is 25.3 Å². The van der Waals surface area contributed by atoms with Gasteiger partial charge in [0.2, 0.25) is 11.8 Å². The number of carbonyl (C=O) groups is 4. The summed E-state index contributed by atoms with van der Waals surface area (Å²) < 4.78 is 9.81. The normalized spacial score (nSPS) is 9.50. The summed E-state index contributed by atoms with van der Waals surface area (Å²) in [5.41, 5.74) is 0. The van der Waals surface area contributed by atoms with Crippen molar-refractivity contribution in [3.63, 3.8) is 0 Å². The summed E-state index contributed by atoms with van der Waals surface area (Å²) in [7, 11) is 0. The fourth-order valence-electron chi connectivity index (χ4n) is 1.51. The molecule has 8 nitrogen and oxygen atoms in total. The van der Waals surface area contributed by atoms with Crippen LogP contribution < -0.4 is 10.6 Å². The molecular formula is C16H24N2O6. The summed E-state index contributed by atoms with van der Waals surface area (Å²) in [5.74, 6) is -1.42. The molecule has 0 atom stereocenters. The summed E-state index contributed by atoms with van der Waals surface area (Å²) in [6.45, 7) is 7.23. The molecule has 0 fully saturated rings. The molecule has 0 aromatic heterocycles. The van der Waals surface area contributed by atoms with Gasteiger partial charge in [0.1, 0.15) is 13.2 Å². The number of nitrogens with one attached hydrogen (secondary N) is 2. The van der Waals surface area contributed by atoms with Crippen LogP contribution in [0.3, 0.4) is 0 Å². The molecule has 2 amide bonds. The van der Waals surface area contributed by atoms with Gasteiger partial charge in [-0.1, -0.05) is 13.2 Å². The number of carbonyl (C=O) groups excluding carboxylic acids is 4. The van der Waals surface area contributed by atoms with Crippen molar-refractivity contribution in [2.24, 2.45) is 0 Å². The van der Waals surface area contributed by atoms with E-state index in [1.54, 1.807) is 0 Å². The van der Waals surface area contributed by atoms with Gasteiger partial charge in [-0.2, -0.15) is 0 Å². The van der Waals surface area contributed by atoms with Crippen molar-refractivity contribution in [1.82, 2.24) is 10.6 Å². The van der Waals surface area contributed by atoms with Crippen LogP contribution >= 0.6 is 0 Å². The van der Waals surface area contributed by atoms with Gasteiger partial charge >= 0.3 is 11.9 Å². The third-order valence-corrected chi connectivity index (χ3v) is 2.71. The molecule has 0 radical (unpaired) electrons. The van der Waals surface area contributed by atoms with Crippen LogP contribution in [-0.2, 0) is 28.7 Å². The lowest BCUT2D eigenvalue weighted by Gasteiger charge is -2.06. The van der Waals surface area contributed by atoms with Crippen molar-refractivity contribution in [3.05, 3.63) is 25.3 Å². The number of rotatable bonds is 13. The maximum absolute atomic E-state index is 11.4. The highest BCUT2D eigenvalue weighted by molar-refractivity contribution is 5.87. The molecule has 0 spiro atoms. The topological polar surface area (TPSA) is 111 Å². The van der Waals surface area contributed by atoms with Crippen molar-refractivity contribution < 1.29 is 28.7 Å². The lowest BCUT2D eigenvalue weighted by Crippen LogP contribution is -2.26. The first kappa shape index (κ1) is 21.4. The summed E-state index contributed by atoms with van der Waals surface area (Å²) in [4.78, 5) is 44.4. The monoisotopic (exact) mass is 340 g/mol. The van der Waals surface area contributed by atoms with E-state index in [2.05, 4.69) is 23.8 Å². The minimum absolute atomic E-state index is 0.0941. The van der Waals surface area contributed by atoms with E-state index in [0.29, 0.717) is 12.8 Å². The Kier molecular flexibility index (Phi) is 12.4. The van der Waals surface area contributed by atoms with Gasteiger partial charge in [-0.15, -0.1) is 0 Å². The number of esters is 2. The lowest BCUT2D eigenvalue weighted by atomic mass is 10.2. The van der Waals surface area contributed by atoms with Crippen LogP contribution in [-0.4, -0.2) is 50.1 Å². The van der Waals surface area contributed by atoms with E-state index in [1.165, 1.54) is 0 Å². The van der Waals surface area contributed by atoms with Crippen LogP contribution in [0.25, 0.3) is 0 Å². The minimum Gasteiger partial charge on any atom is -0.464 e. The molecule has 0 aliphatic rings. The number of ether oxygens (including phenoxy) is 2. The maximum Gasteiger partial charge on any atom is 0.305 e. The Morgan fingerprint density at radius 3 is 1.46 bits per heavy atom. The Morgan fingerprint density at radius 2 is 1.12 bits per heavy atom. The molecule has 2 N–H and O–H groups in total. The van der Waals surface area contributed by atoms with Crippen molar-refractivity contribution in [2.45, 2.75) is 25.7 Å². The van der Waals surface area contributed by atoms with Gasteiger partial charge in [0.15, 0.2) is 0 Å². The number of hydrogen-bond donors (Lipinski definition) is 2. The lowest BCUT2D eigenvalue weighted by molar-refractivity contribution is -0.145. The molecule has 0 bridgehead atoms. The number of hydrogen-bond acceptors (Lipinski definition) is 6. The van der Waals surface area contributed by atoms with E-state index in [9.17, 15) is 19.2 Å². The Morgan fingerprint density at radius 1 is 0.750 bits per heavy atom. The molecule has 24 heavy (non-hydrogen) atoms. The van der Waals surface area contributed by atoms with E-state index in [0.717, 1.165) is 12.2 Å². The van der Waals surface area contributed by atoms with Gasteiger partial charge in [-0.3, -0.25) is 19.2 Å². The Balaban J connectivity index is 3.50. The molecule has 0 aromatic rings. The molecule has 8 heteroatoms. The molecule has 0 heterocycles. The van der Waals surface area contributed by atoms with Crippen molar-refractivity contribution in [3.8, 4) is 0 Å². The predicted molar refractivity (Wildman–Crippen MR) is 86.8 cm³/mol. The average molecular weight is 340 g/mol. The maximum atomic E-state index is 11.4. The van der Waals surface area contributed by atoms with Crippen LogP contribution in [0.5, 0.6) is 0 Å². The highest BCUT2D eigenvalue weighted by atomic mass is 16.5. The zero-order valence-corrected chi connectivity index (χ0v) is 13.7. The molecule has 0 aliphatic carbocycles. The van der Waals surface area contributed by atoms with Crippen molar-refractivity contribution in [1.29, 1.82) is 0 Å². The Labute approximate surface area is 141 Å².